The van der Waals surface area contributed by atoms with Gasteiger partial charge in [0.15, 0.2) is 0 Å². The second kappa shape index (κ2) is 6.26. The Bertz CT molecular complexity index is 873. The average molecular weight is 368 g/mol. The van der Waals surface area contributed by atoms with Gasteiger partial charge in [-0.1, -0.05) is 0 Å². The van der Waals surface area contributed by atoms with Gasteiger partial charge in [0, 0.05) is 17.8 Å². The largest absolute Gasteiger partial charge is 0.421 e. The predicted molar refractivity (Wildman–Crippen MR) is 90.5 cm³/mol. The maximum absolute atomic E-state index is 13.3. The molecular formula is C16H19F3N6O. The van der Waals surface area contributed by atoms with Crippen molar-refractivity contribution < 1.29 is 13.2 Å². The lowest BCUT2D eigenvalue weighted by molar-refractivity contribution is -0.137. The molecular weight excluding hydrogens is 349 g/mol. The molecule has 7 nitrogen and oxygen atoms in total. The fourth-order valence-corrected chi connectivity index (χ4v) is 2.34. The molecule has 0 aromatic carbocycles. The first-order chi connectivity index (χ1) is 12.1. The number of nitrogens with zero attached hydrogens (tertiary/aromatic N) is 4. The van der Waals surface area contributed by atoms with Gasteiger partial charge in [-0.3, -0.25) is 4.79 Å². The Kier molecular flexibility index (Phi) is 4.37. The lowest BCUT2D eigenvalue weighted by Gasteiger charge is -2.17. The van der Waals surface area contributed by atoms with Crippen molar-refractivity contribution in [2.75, 3.05) is 10.6 Å². The first-order valence-electron chi connectivity index (χ1n) is 8.16. The maximum atomic E-state index is 13.3. The maximum Gasteiger partial charge on any atom is 0.421 e. The van der Waals surface area contributed by atoms with Gasteiger partial charge >= 0.3 is 6.18 Å². The molecule has 0 spiro atoms. The highest BCUT2D eigenvalue weighted by Gasteiger charge is 2.39. The first-order valence-corrected chi connectivity index (χ1v) is 8.16. The van der Waals surface area contributed by atoms with Crippen LogP contribution in [0.2, 0.25) is 0 Å². The molecule has 0 radical (unpaired) electrons. The van der Waals surface area contributed by atoms with E-state index in [0.29, 0.717) is 0 Å². The number of alkyl halides is 3. The van der Waals surface area contributed by atoms with Crippen LogP contribution < -0.4 is 16.2 Å². The first kappa shape index (κ1) is 18.2. The summed E-state index contributed by atoms with van der Waals surface area (Å²) in [7, 11) is 0. The van der Waals surface area contributed by atoms with E-state index in [1.54, 1.807) is 13.8 Å². The van der Waals surface area contributed by atoms with Crippen LogP contribution in [0.5, 0.6) is 0 Å². The molecule has 26 heavy (non-hydrogen) atoms. The van der Waals surface area contributed by atoms with Crippen LogP contribution in [-0.2, 0) is 6.18 Å². The van der Waals surface area contributed by atoms with Crippen LogP contribution in [0, 0.1) is 0 Å². The molecule has 1 aliphatic carbocycles. The Morgan fingerprint density at radius 2 is 1.96 bits per heavy atom. The highest BCUT2D eigenvalue weighted by atomic mass is 19.4. The molecule has 0 unspecified atom stereocenters. The number of hydrogen-bond acceptors (Lipinski definition) is 6. The molecule has 0 aliphatic heterocycles. The second-order valence-electron chi connectivity index (χ2n) is 6.89. The fourth-order valence-electron chi connectivity index (χ4n) is 2.34. The van der Waals surface area contributed by atoms with E-state index in [2.05, 4.69) is 25.7 Å². The third-order valence-corrected chi connectivity index (χ3v) is 4.09. The van der Waals surface area contributed by atoms with Gasteiger partial charge in [-0.05, 0) is 33.6 Å². The Morgan fingerprint density at radius 1 is 1.27 bits per heavy atom. The van der Waals surface area contributed by atoms with E-state index in [4.69, 9.17) is 0 Å². The summed E-state index contributed by atoms with van der Waals surface area (Å²) >= 11 is 0. The van der Waals surface area contributed by atoms with Crippen molar-refractivity contribution >= 4 is 17.5 Å². The lowest BCUT2D eigenvalue weighted by Crippen LogP contribution is -2.24. The van der Waals surface area contributed by atoms with Crippen molar-refractivity contribution in [2.24, 2.45) is 0 Å². The van der Waals surface area contributed by atoms with Gasteiger partial charge in [0.1, 0.15) is 11.4 Å². The van der Waals surface area contributed by atoms with Gasteiger partial charge in [0.25, 0.3) is 5.56 Å². The normalized spacial score (nSPS) is 15.8. The lowest BCUT2D eigenvalue weighted by atomic mass is 10.3. The Balaban J connectivity index is 1.94. The van der Waals surface area contributed by atoms with E-state index in [1.807, 2.05) is 6.92 Å². The molecule has 2 N–H and O–H groups in total. The molecule has 1 fully saturated rings. The van der Waals surface area contributed by atoms with Crippen LogP contribution in [0.1, 0.15) is 45.2 Å². The molecule has 1 aliphatic rings. The minimum absolute atomic E-state index is 0.101. The summed E-state index contributed by atoms with van der Waals surface area (Å²) < 4.78 is 41.0. The number of anilines is 3. The van der Waals surface area contributed by atoms with Crippen molar-refractivity contribution in [1.29, 1.82) is 0 Å². The molecule has 0 bridgehead atoms. The number of hydrogen-bond donors (Lipinski definition) is 2. The minimum Gasteiger partial charge on any atom is -0.349 e. The highest BCUT2D eigenvalue weighted by molar-refractivity contribution is 5.60. The average Bonchev–Trinajstić information content (AvgIpc) is 3.23. The zero-order chi connectivity index (χ0) is 19.1. The fraction of sp³-hybridized carbons (Fsp3) is 0.500. The van der Waals surface area contributed by atoms with E-state index in [9.17, 15) is 18.0 Å². The summed E-state index contributed by atoms with van der Waals surface area (Å²) in [5.74, 6) is -0.327. The molecule has 2 aromatic rings. The number of rotatable bonds is 5. The molecule has 0 amide bonds. The summed E-state index contributed by atoms with van der Waals surface area (Å²) in [5.41, 5.74) is -1.50. The summed E-state index contributed by atoms with van der Waals surface area (Å²) in [5, 5.41) is 9.53. The minimum atomic E-state index is -4.63. The van der Waals surface area contributed by atoms with E-state index >= 15 is 0 Å². The molecule has 2 heterocycles. The molecule has 1 saturated carbocycles. The van der Waals surface area contributed by atoms with Crippen LogP contribution in [0.25, 0.3) is 0 Å². The topological polar surface area (TPSA) is 84.7 Å². The third kappa shape index (κ3) is 3.94. The monoisotopic (exact) mass is 368 g/mol. The summed E-state index contributed by atoms with van der Waals surface area (Å²) in [6.07, 6.45) is -0.815. The van der Waals surface area contributed by atoms with Crippen LogP contribution in [0.4, 0.5) is 30.6 Å². The summed E-state index contributed by atoms with van der Waals surface area (Å²) in [6.45, 7) is 5.50. The predicted octanol–water partition coefficient (Wildman–Crippen LogP) is 3.34. The Hall–Kier alpha value is -2.65. The van der Waals surface area contributed by atoms with Crippen molar-refractivity contribution in [1.82, 2.24) is 19.7 Å². The zero-order valence-corrected chi connectivity index (χ0v) is 14.6. The number of halogens is 3. The van der Waals surface area contributed by atoms with Gasteiger partial charge < -0.3 is 10.6 Å². The van der Waals surface area contributed by atoms with Gasteiger partial charge in [0.2, 0.25) is 5.95 Å². The van der Waals surface area contributed by atoms with Crippen LogP contribution >= 0.6 is 0 Å². The van der Waals surface area contributed by atoms with Gasteiger partial charge in [-0.15, -0.1) is 0 Å². The van der Waals surface area contributed by atoms with Crippen molar-refractivity contribution in [3.63, 3.8) is 0 Å². The van der Waals surface area contributed by atoms with E-state index in [0.717, 1.165) is 19.0 Å². The van der Waals surface area contributed by atoms with Crippen molar-refractivity contribution in [3.8, 4) is 0 Å². The summed E-state index contributed by atoms with van der Waals surface area (Å²) in [4.78, 5) is 19.7. The van der Waals surface area contributed by atoms with Gasteiger partial charge in [0.05, 0.1) is 17.9 Å². The molecule has 3 rings (SSSR count). The highest BCUT2D eigenvalue weighted by Crippen LogP contribution is 2.39. The molecule has 140 valence electrons. The van der Waals surface area contributed by atoms with E-state index in [1.165, 1.54) is 16.9 Å². The van der Waals surface area contributed by atoms with Crippen LogP contribution in [0.15, 0.2) is 23.3 Å². The quantitative estimate of drug-likeness (QED) is 0.842. The van der Waals surface area contributed by atoms with Gasteiger partial charge in [-0.25, -0.2) is 9.67 Å². The van der Waals surface area contributed by atoms with E-state index < -0.39 is 23.1 Å². The molecule has 2 aromatic heterocycles. The molecule has 0 atom stereocenters. The van der Waals surface area contributed by atoms with Crippen LogP contribution in [0.3, 0.4) is 0 Å². The van der Waals surface area contributed by atoms with E-state index in [-0.39, 0.29) is 23.2 Å². The molecule has 0 saturated heterocycles. The number of nitrogens with one attached hydrogen (secondary N) is 2. The Morgan fingerprint density at radius 3 is 2.50 bits per heavy atom. The molecule has 10 heteroatoms. The SMILES string of the molecule is CC(C)n1ncc(Nc2nc(NC3(C)CC3)ncc2C(F)(F)F)cc1=O. The van der Waals surface area contributed by atoms with Gasteiger partial charge in [-0.2, -0.15) is 23.3 Å². The number of aromatic nitrogens is 4. The summed E-state index contributed by atoms with van der Waals surface area (Å²) in [6, 6.07) is 1.03. The second-order valence-corrected chi connectivity index (χ2v) is 6.89. The smallest absolute Gasteiger partial charge is 0.349 e. The van der Waals surface area contributed by atoms with Crippen molar-refractivity contribution in [2.45, 2.75) is 51.4 Å². The standard InChI is InChI=1S/C16H19F3N6O/c1-9(2)25-12(26)6-10(7-21-25)22-13-11(16(17,18)19)8-20-14(23-13)24-15(3)4-5-15/h6-9H,4-5H2,1-3H3,(H2,20,22,23,24). The Labute approximate surface area is 147 Å². The zero-order valence-electron chi connectivity index (χ0n) is 14.6. The van der Waals surface area contributed by atoms with Crippen molar-refractivity contribution in [3.05, 3.63) is 34.4 Å². The van der Waals surface area contributed by atoms with Crippen LogP contribution in [-0.4, -0.2) is 25.3 Å². The third-order valence-electron chi connectivity index (χ3n) is 4.09.